The van der Waals surface area contributed by atoms with Crippen LogP contribution in [0.1, 0.15) is 25.0 Å². The second kappa shape index (κ2) is 7.33. The molecule has 0 radical (unpaired) electrons. The third-order valence-electron chi connectivity index (χ3n) is 4.75. The standard InChI is InChI=1S/C16H24F3N5O/c1-23(2)14-9-13(16(17,18)19)21-15(22-14)20-11-3-6-24(7-4-11)12-5-8-25-10-12/h9,11-12H,3-8,10H2,1-2H3,(H,20,21,22). The molecule has 9 heteroatoms. The van der Waals surface area contributed by atoms with Gasteiger partial charge >= 0.3 is 6.18 Å². The molecule has 3 rings (SSSR count). The first-order chi connectivity index (χ1) is 11.8. The van der Waals surface area contributed by atoms with Crippen molar-refractivity contribution in [2.75, 3.05) is 50.6 Å². The third-order valence-corrected chi connectivity index (χ3v) is 4.75. The van der Waals surface area contributed by atoms with Crippen LogP contribution in [0, 0.1) is 0 Å². The molecule has 1 unspecified atom stereocenters. The molecule has 1 atom stereocenters. The number of halogens is 3. The zero-order valence-electron chi connectivity index (χ0n) is 14.5. The normalized spacial score (nSPS) is 23.0. The van der Waals surface area contributed by atoms with Gasteiger partial charge < -0.3 is 15.0 Å². The Bertz CT molecular complexity index is 582. The van der Waals surface area contributed by atoms with E-state index in [1.165, 1.54) is 0 Å². The lowest BCUT2D eigenvalue weighted by Gasteiger charge is -2.35. The van der Waals surface area contributed by atoms with Gasteiger partial charge in [-0.25, -0.2) is 4.98 Å². The highest BCUT2D eigenvalue weighted by Crippen LogP contribution is 2.30. The molecule has 0 amide bonds. The van der Waals surface area contributed by atoms with Crippen LogP contribution in [0.4, 0.5) is 24.9 Å². The SMILES string of the molecule is CN(C)c1cc(C(F)(F)F)nc(NC2CCN(C3CCOC3)CC2)n1. The number of alkyl halides is 3. The Morgan fingerprint density at radius 2 is 1.92 bits per heavy atom. The average Bonchev–Trinajstić information content (AvgIpc) is 3.09. The van der Waals surface area contributed by atoms with E-state index in [1.807, 2.05) is 0 Å². The molecule has 1 aromatic heterocycles. The van der Waals surface area contributed by atoms with Crippen LogP contribution in [0.3, 0.4) is 0 Å². The first-order valence-electron chi connectivity index (χ1n) is 8.55. The van der Waals surface area contributed by atoms with Crippen LogP contribution in [-0.2, 0) is 10.9 Å². The minimum absolute atomic E-state index is 0.0428. The summed E-state index contributed by atoms with van der Waals surface area (Å²) < 4.78 is 44.6. The highest BCUT2D eigenvalue weighted by atomic mass is 19.4. The molecular formula is C16H24F3N5O. The van der Waals surface area contributed by atoms with Crippen molar-refractivity contribution in [1.82, 2.24) is 14.9 Å². The van der Waals surface area contributed by atoms with Gasteiger partial charge in [0.2, 0.25) is 5.95 Å². The van der Waals surface area contributed by atoms with E-state index in [9.17, 15) is 13.2 Å². The van der Waals surface area contributed by atoms with Gasteiger partial charge in [0, 0.05) is 51.9 Å². The number of hydrogen-bond acceptors (Lipinski definition) is 6. The third kappa shape index (κ3) is 4.52. The minimum atomic E-state index is -4.49. The van der Waals surface area contributed by atoms with Gasteiger partial charge in [0.15, 0.2) is 5.69 Å². The molecule has 3 heterocycles. The zero-order valence-corrected chi connectivity index (χ0v) is 14.5. The van der Waals surface area contributed by atoms with Crippen molar-refractivity contribution in [3.63, 3.8) is 0 Å². The van der Waals surface area contributed by atoms with E-state index in [0.29, 0.717) is 6.04 Å². The highest BCUT2D eigenvalue weighted by molar-refractivity contribution is 5.44. The molecule has 2 fully saturated rings. The van der Waals surface area contributed by atoms with E-state index in [2.05, 4.69) is 20.2 Å². The summed E-state index contributed by atoms with van der Waals surface area (Å²) >= 11 is 0. The Hall–Kier alpha value is -1.61. The summed E-state index contributed by atoms with van der Waals surface area (Å²) in [6, 6.07) is 1.52. The van der Waals surface area contributed by atoms with Gasteiger partial charge in [0.25, 0.3) is 0 Å². The van der Waals surface area contributed by atoms with Crippen molar-refractivity contribution in [2.24, 2.45) is 0 Å². The lowest BCUT2D eigenvalue weighted by Crippen LogP contribution is -2.45. The number of nitrogens with zero attached hydrogens (tertiary/aromatic N) is 4. The number of piperidine rings is 1. The fourth-order valence-corrected chi connectivity index (χ4v) is 3.27. The predicted molar refractivity (Wildman–Crippen MR) is 88.8 cm³/mol. The quantitative estimate of drug-likeness (QED) is 0.890. The molecule has 1 N–H and O–H groups in total. The first-order valence-corrected chi connectivity index (χ1v) is 8.55. The van der Waals surface area contributed by atoms with Crippen molar-refractivity contribution in [1.29, 1.82) is 0 Å². The van der Waals surface area contributed by atoms with Crippen LogP contribution in [0.15, 0.2) is 6.07 Å². The van der Waals surface area contributed by atoms with Gasteiger partial charge in [-0.2, -0.15) is 18.2 Å². The van der Waals surface area contributed by atoms with Gasteiger partial charge in [-0.1, -0.05) is 0 Å². The summed E-state index contributed by atoms with van der Waals surface area (Å²) in [6.07, 6.45) is -1.72. The molecule has 0 saturated carbocycles. The number of aromatic nitrogens is 2. The summed E-state index contributed by atoms with van der Waals surface area (Å²) in [4.78, 5) is 11.8. The van der Waals surface area contributed by atoms with Gasteiger partial charge in [-0.05, 0) is 19.3 Å². The van der Waals surface area contributed by atoms with Gasteiger partial charge in [0.05, 0.1) is 6.61 Å². The van der Waals surface area contributed by atoms with Crippen LogP contribution in [0.2, 0.25) is 0 Å². The lowest BCUT2D eigenvalue weighted by molar-refractivity contribution is -0.141. The Balaban J connectivity index is 1.65. The molecule has 2 aliphatic rings. The van der Waals surface area contributed by atoms with E-state index in [1.54, 1.807) is 19.0 Å². The second-order valence-electron chi connectivity index (χ2n) is 6.80. The van der Waals surface area contributed by atoms with Crippen molar-refractivity contribution < 1.29 is 17.9 Å². The van der Waals surface area contributed by atoms with Crippen molar-refractivity contribution in [3.8, 4) is 0 Å². The average molecular weight is 359 g/mol. The summed E-state index contributed by atoms with van der Waals surface area (Å²) in [5.74, 6) is 0.284. The van der Waals surface area contributed by atoms with Crippen LogP contribution < -0.4 is 10.2 Å². The Morgan fingerprint density at radius 1 is 1.20 bits per heavy atom. The maximum atomic E-state index is 13.1. The molecule has 2 saturated heterocycles. The number of rotatable bonds is 4. The molecule has 2 aliphatic heterocycles. The summed E-state index contributed by atoms with van der Waals surface area (Å²) in [7, 11) is 3.32. The molecule has 0 spiro atoms. The molecule has 0 aromatic carbocycles. The highest BCUT2D eigenvalue weighted by Gasteiger charge is 2.34. The molecular weight excluding hydrogens is 335 g/mol. The van der Waals surface area contributed by atoms with E-state index in [4.69, 9.17) is 4.74 Å². The molecule has 140 valence electrons. The molecule has 1 aromatic rings. The van der Waals surface area contributed by atoms with Crippen LogP contribution >= 0.6 is 0 Å². The first kappa shape index (κ1) is 18.2. The largest absolute Gasteiger partial charge is 0.433 e. The second-order valence-corrected chi connectivity index (χ2v) is 6.80. The Morgan fingerprint density at radius 3 is 2.48 bits per heavy atom. The van der Waals surface area contributed by atoms with Crippen molar-refractivity contribution in [2.45, 2.75) is 37.5 Å². The van der Waals surface area contributed by atoms with Crippen LogP contribution in [-0.4, -0.2) is 67.4 Å². The molecule has 25 heavy (non-hydrogen) atoms. The minimum Gasteiger partial charge on any atom is -0.380 e. The number of likely N-dealkylation sites (tertiary alicyclic amines) is 1. The number of ether oxygens (including phenoxy) is 1. The summed E-state index contributed by atoms with van der Waals surface area (Å²) in [5.41, 5.74) is -0.922. The Labute approximate surface area is 145 Å². The lowest BCUT2D eigenvalue weighted by atomic mass is 10.0. The van der Waals surface area contributed by atoms with E-state index < -0.39 is 11.9 Å². The number of hydrogen-bond donors (Lipinski definition) is 1. The summed E-state index contributed by atoms with van der Waals surface area (Å²) in [6.45, 7) is 3.41. The van der Waals surface area contributed by atoms with Gasteiger partial charge in [-0.3, -0.25) is 4.90 Å². The maximum Gasteiger partial charge on any atom is 0.433 e. The topological polar surface area (TPSA) is 53.5 Å². The Kier molecular flexibility index (Phi) is 5.33. The van der Waals surface area contributed by atoms with Crippen LogP contribution in [0.25, 0.3) is 0 Å². The van der Waals surface area contributed by atoms with E-state index in [-0.39, 0.29) is 17.8 Å². The molecule has 0 bridgehead atoms. The van der Waals surface area contributed by atoms with E-state index in [0.717, 1.165) is 51.6 Å². The van der Waals surface area contributed by atoms with Crippen LogP contribution in [0.5, 0.6) is 0 Å². The number of nitrogens with one attached hydrogen (secondary N) is 1. The number of anilines is 2. The van der Waals surface area contributed by atoms with Gasteiger partial charge in [-0.15, -0.1) is 0 Å². The fourth-order valence-electron chi connectivity index (χ4n) is 3.27. The zero-order chi connectivity index (χ0) is 18.0. The van der Waals surface area contributed by atoms with Crippen molar-refractivity contribution in [3.05, 3.63) is 11.8 Å². The molecule has 6 nitrogen and oxygen atoms in total. The van der Waals surface area contributed by atoms with E-state index >= 15 is 0 Å². The molecule has 0 aliphatic carbocycles. The van der Waals surface area contributed by atoms with Crippen molar-refractivity contribution >= 4 is 11.8 Å². The predicted octanol–water partition coefficient (Wildman–Crippen LogP) is 2.23. The monoisotopic (exact) mass is 359 g/mol. The maximum absolute atomic E-state index is 13.1. The smallest absolute Gasteiger partial charge is 0.380 e. The summed E-state index contributed by atoms with van der Waals surface area (Å²) in [5, 5.41) is 3.09. The fraction of sp³-hybridized carbons (Fsp3) is 0.750. The van der Waals surface area contributed by atoms with Gasteiger partial charge in [0.1, 0.15) is 5.82 Å².